The van der Waals surface area contributed by atoms with Gasteiger partial charge in [0.1, 0.15) is 6.04 Å². The molecular weight excluding hydrogens is 394 g/mol. The molecule has 2 aromatic carbocycles. The lowest BCUT2D eigenvalue weighted by molar-refractivity contribution is -0.117. The Hall–Kier alpha value is -2.75. The number of morpholine rings is 1. The van der Waals surface area contributed by atoms with Gasteiger partial charge >= 0.3 is 0 Å². The number of nitrogens with zero attached hydrogens (tertiary/aromatic N) is 1. The molecule has 1 saturated heterocycles. The summed E-state index contributed by atoms with van der Waals surface area (Å²) in [6.45, 7) is 2.86. The number of anilines is 1. The Labute approximate surface area is 169 Å². The van der Waals surface area contributed by atoms with E-state index in [0.717, 1.165) is 0 Å². The number of hydrogen-bond donors (Lipinski definition) is 2. The van der Waals surface area contributed by atoms with Crippen molar-refractivity contribution in [1.29, 1.82) is 0 Å². The fraction of sp³-hybridized carbons (Fsp3) is 0.300. The second-order valence-corrected chi connectivity index (χ2v) is 8.53. The Morgan fingerprint density at radius 1 is 1.03 bits per heavy atom. The van der Waals surface area contributed by atoms with Crippen LogP contribution in [-0.4, -0.2) is 56.9 Å². The Balaban J connectivity index is 1.66. The van der Waals surface area contributed by atoms with Crippen molar-refractivity contribution < 1.29 is 22.7 Å². The Bertz CT molecular complexity index is 973. The van der Waals surface area contributed by atoms with E-state index >= 15 is 0 Å². The molecule has 154 valence electrons. The van der Waals surface area contributed by atoms with Gasteiger partial charge in [-0.15, -0.1) is 0 Å². The van der Waals surface area contributed by atoms with Gasteiger partial charge in [0.05, 0.1) is 18.1 Å². The maximum atomic E-state index is 12.8. The van der Waals surface area contributed by atoms with E-state index in [0.29, 0.717) is 37.6 Å². The summed E-state index contributed by atoms with van der Waals surface area (Å²) >= 11 is 0. The first-order chi connectivity index (χ1) is 13.9. The van der Waals surface area contributed by atoms with Crippen molar-refractivity contribution in [3.63, 3.8) is 0 Å². The maximum absolute atomic E-state index is 12.8. The first-order valence-corrected chi connectivity index (χ1v) is 10.7. The summed E-state index contributed by atoms with van der Waals surface area (Å²) in [4.78, 5) is 24.7. The third kappa shape index (κ3) is 5.20. The molecule has 1 aliphatic heterocycles. The van der Waals surface area contributed by atoms with Gasteiger partial charge in [0, 0.05) is 24.3 Å². The molecule has 1 atom stereocenters. The van der Waals surface area contributed by atoms with Gasteiger partial charge in [-0.25, -0.2) is 8.42 Å². The van der Waals surface area contributed by atoms with E-state index in [1.54, 1.807) is 49.4 Å². The molecule has 8 nitrogen and oxygen atoms in total. The van der Waals surface area contributed by atoms with Gasteiger partial charge in [-0.2, -0.15) is 4.31 Å². The van der Waals surface area contributed by atoms with Crippen molar-refractivity contribution >= 4 is 27.5 Å². The first kappa shape index (κ1) is 21.0. The highest BCUT2D eigenvalue weighted by Crippen LogP contribution is 2.20. The number of ether oxygens (including phenoxy) is 1. The molecule has 0 radical (unpaired) electrons. The number of hydrogen-bond acceptors (Lipinski definition) is 5. The van der Waals surface area contributed by atoms with E-state index in [1.807, 2.05) is 0 Å². The first-order valence-electron chi connectivity index (χ1n) is 9.22. The average molecular weight is 417 g/mol. The predicted octanol–water partition coefficient (Wildman–Crippen LogP) is 1.46. The topological polar surface area (TPSA) is 105 Å². The maximum Gasteiger partial charge on any atom is 0.251 e. The molecule has 1 heterocycles. The van der Waals surface area contributed by atoms with E-state index in [4.69, 9.17) is 4.74 Å². The van der Waals surface area contributed by atoms with Crippen molar-refractivity contribution in [1.82, 2.24) is 9.62 Å². The van der Waals surface area contributed by atoms with Gasteiger partial charge in [0.15, 0.2) is 0 Å². The predicted molar refractivity (Wildman–Crippen MR) is 108 cm³/mol. The Kier molecular flexibility index (Phi) is 6.63. The summed E-state index contributed by atoms with van der Waals surface area (Å²) in [6.07, 6.45) is 0. The van der Waals surface area contributed by atoms with Gasteiger partial charge in [-0.1, -0.05) is 24.3 Å². The average Bonchev–Trinajstić information content (AvgIpc) is 2.75. The highest BCUT2D eigenvalue weighted by Gasteiger charge is 2.26. The number of rotatable bonds is 6. The summed E-state index contributed by atoms with van der Waals surface area (Å²) in [7, 11) is -3.66. The molecule has 0 spiro atoms. The van der Waals surface area contributed by atoms with Crippen LogP contribution < -0.4 is 10.6 Å². The minimum Gasteiger partial charge on any atom is -0.379 e. The summed E-state index contributed by atoms with van der Waals surface area (Å²) in [5.74, 6) is -0.813. The van der Waals surface area contributed by atoms with E-state index in [2.05, 4.69) is 10.6 Å². The summed E-state index contributed by atoms with van der Waals surface area (Å²) < 4.78 is 32.1. The fourth-order valence-electron chi connectivity index (χ4n) is 2.86. The van der Waals surface area contributed by atoms with Crippen LogP contribution in [0.4, 0.5) is 5.69 Å². The zero-order valence-corrected chi connectivity index (χ0v) is 16.8. The van der Waals surface area contributed by atoms with Crippen LogP contribution >= 0.6 is 0 Å². The van der Waals surface area contributed by atoms with Crippen LogP contribution in [0.3, 0.4) is 0 Å². The molecule has 2 aromatic rings. The largest absolute Gasteiger partial charge is 0.379 e. The molecule has 0 aliphatic carbocycles. The lowest BCUT2D eigenvalue weighted by atomic mass is 10.2. The molecule has 2 amide bonds. The second-order valence-electron chi connectivity index (χ2n) is 6.59. The number of carbonyl (C=O) groups excluding carboxylic acids is 2. The van der Waals surface area contributed by atoms with Gasteiger partial charge in [-0.05, 0) is 37.3 Å². The molecule has 29 heavy (non-hydrogen) atoms. The smallest absolute Gasteiger partial charge is 0.251 e. The quantitative estimate of drug-likeness (QED) is 0.741. The zero-order valence-electron chi connectivity index (χ0n) is 16.0. The molecule has 1 unspecified atom stereocenters. The van der Waals surface area contributed by atoms with Crippen LogP contribution in [0.15, 0.2) is 59.5 Å². The summed E-state index contributed by atoms with van der Waals surface area (Å²) in [5.41, 5.74) is 0.788. The van der Waals surface area contributed by atoms with Gasteiger partial charge < -0.3 is 15.4 Å². The number of carbonyl (C=O) groups is 2. The molecule has 1 fully saturated rings. The molecule has 1 aliphatic rings. The van der Waals surface area contributed by atoms with Crippen molar-refractivity contribution in [2.45, 2.75) is 17.9 Å². The standard InChI is InChI=1S/C20H23N3O5S/c1-15(21-20(25)16-6-3-2-4-7-16)19(24)22-17-8-5-9-18(14-17)29(26,27)23-10-12-28-13-11-23/h2-9,14-15H,10-13H2,1H3,(H,21,25)(H,22,24). The van der Waals surface area contributed by atoms with Crippen LogP contribution in [0.1, 0.15) is 17.3 Å². The normalized spacial score (nSPS) is 16.0. The Morgan fingerprint density at radius 2 is 1.72 bits per heavy atom. The van der Waals surface area contributed by atoms with Crippen LogP contribution in [0.5, 0.6) is 0 Å². The third-order valence-corrected chi connectivity index (χ3v) is 6.38. The molecule has 0 saturated carbocycles. The molecule has 0 bridgehead atoms. The SMILES string of the molecule is CC(NC(=O)c1ccccc1)C(=O)Nc1cccc(S(=O)(=O)N2CCOCC2)c1. The Morgan fingerprint density at radius 3 is 2.41 bits per heavy atom. The van der Waals surface area contributed by atoms with Crippen LogP contribution in [-0.2, 0) is 19.6 Å². The summed E-state index contributed by atoms with van der Waals surface area (Å²) in [6, 6.07) is 13.8. The van der Waals surface area contributed by atoms with E-state index in [-0.39, 0.29) is 10.8 Å². The van der Waals surface area contributed by atoms with Crippen molar-refractivity contribution in [2.75, 3.05) is 31.6 Å². The number of amides is 2. The summed E-state index contributed by atoms with van der Waals surface area (Å²) in [5, 5.41) is 5.27. The van der Waals surface area contributed by atoms with E-state index in [9.17, 15) is 18.0 Å². The minimum atomic E-state index is -3.66. The molecule has 2 N–H and O–H groups in total. The number of sulfonamides is 1. The highest BCUT2D eigenvalue weighted by molar-refractivity contribution is 7.89. The van der Waals surface area contributed by atoms with Crippen molar-refractivity contribution in [3.05, 3.63) is 60.2 Å². The number of benzene rings is 2. The van der Waals surface area contributed by atoms with Crippen LogP contribution in [0, 0.1) is 0 Å². The molecule has 9 heteroatoms. The lowest BCUT2D eigenvalue weighted by Gasteiger charge is -2.26. The highest BCUT2D eigenvalue weighted by atomic mass is 32.2. The third-order valence-electron chi connectivity index (χ3n) is 4.49. The van der Waals surface area contributed by atoms with E-state index < -0.39 is 22.0 Å². The fourth-order valence-corrected chi connectivity index (χ4v) is 4.31. The minimum absolute atomic E-state index is 0.0955. The molecular formula is C20H23N3O5S. The van der Waals surface area contributed by atoms with Crippen LogP contribution in [0.2, 0.25) is 0 Å². The van der Waals surface area contributed by atoms with Crippen LogP contribution in [0.25, 0.3) is 0 Å². The van der Waals surface area contributed by atoms with Gasteiger partial charge in [0.2, 0.25) is 15.9 Å². The second kappa shape index (κ2) is 9.17. The number of nitrogens with one attached hydrogen (secondary N) is 2. The van der Waals surface area contributed by atoms with Crippen molar-refractivity contribution in [2.24, 2.45) is 0 Å². The zero-order chi connectivity index (χ0) is 20.9. The van der Waals surface area contributed by atoms with Gasteiger partial charge in [0.25, 0.3) is 5.91 Å². The lowest BCUT2D eigenvalue weighted by Crippen LogP contribution is -2.41. The molecule has 3 rings (SSSR count). The van der Waals surface area contributed by atoms with E-state index in [1.165, 1.54) is 16.4 Å². The van der Waals surface area contributed by atoms with Crippen molar-refractivity contribution in [3.8, 4) is 0 Å². The van der Waals surface area contributed by atoms with Gasteiger partial charge in [-0.3, -0.25) is 9.59 Å². The monoisotopic (exact) mass is 417 g/mol. The molecule has 0 aromatic heterocycles.